The monoisotopic (exact) mass is 261 g/mol. The Kier molecular flexibility index (Phi) is 6.77. The average Bonchev–Trinajstić information content (AvgIpc) is 2.45. The summed E-state index contributed by atoms with van der Waals surface area (Å²) in [6.07, 6.45) is 0. The molecule has 0 bridgehead atoms. The fraction of sp³-hybridized carbons (Fsp3) is 0.333. The normalized spacial score (nSPS) is 10.9. The van der Waals surface area contributed by atoms with Crippen LogP contribution in [0.1, 0.15) is 5.82 Å². The van der Waals surface area contributed by atoms with Crippen LogP contribution in [0.3, 0.4) is 0 Å². The van der Waals surface area contributed by atoms with E-state index in [2.05, 4.69) is 21.8 Å². The smallest absolute Gasteiger partial charge is 0.445 e. The van der Waals surface area contributed by atoms with Crippen LogP contribution >= 0.6 is 11.8 Å². The molecular formula is C6H8BF3KN3S. The number of aryl methyl sites for hydroxylation is 1. The summed E-state index contributed by atoms with van der Waals surface area (Å²) in [4.78, 5) is 3.86. The molecule has 0 saturated heterocycles. The topological polar surface area (TPSA) is 41.6 Å². The molecule has 1 heterocycles. The van der Waals surface area contributed by atoms with E-state index in [1.165, 1.54) is 0 Å². The second kappa shape index (κ2) is 6.46. The first-order chi connectivity index (χ1) is 6.39. The first kappa shape index (κ1) is 15.7. The Morgan fingerprint density at radius 2 is 2.13 bits per heavy atom. The van der Waals surface area contributed by atoms with Gasteiger partial charge in [-0.05, 0) is 12.7 Å². The van der Waals surface area contributed by atoms with Gasteiger partial charge in [0.2, 0.25) is 5.16 Å². The van der Waals surface area contributed by atoms with Gasteiger partial charge in [0.25, 0.3) is 0 Å². The fourth-order valence-electron chi connectivity index (χ4n) is 0.638. The van der Waals surface area contributed by atoms with Crippen LogP contribution < -0.4 is 51.4 Å². The molecule has 0 saturated carbocycles. The molecule has 1 aromatic rings. The molecule has 1 rings (SSSR count). The third-order valence-corrected chi connectivity index (χ3v) is 2.38. The zero-order chi connectivity index (χ0) is 10.8. The van der Waals surface area contributed by atoms with E-state index in [9.17, 15) is 12.9 Å². The van der Waals surface area contributed by atoms with Gasteiger partial charge in [0.15, 0.2) is 0 Å². The van der Waals surface area contributed by atoms with Crippen molar-refractivity contribution in [3.05, 3.63) is 17.9 Å². The molecule has 0 amide bonds. The average molecular weight is 261 g/mol. The van der Waals surface area contributed by atoms with Crippen LogP contribution in [0.2, 0.25) is 0 Å². The SMILES string of the molecule is C=C(CSc1n[nH]c(C)n1)[B-](F)(F)F.[K+]. The molecule has 9 heteroatoms. The van der Waals surface area contributed by atoms with E-state index in [1.807, 2.05) is 0 Å². The standard InChI is InChI=1S/C6H8BF3N3S.K/c1-4(7(8,9)10)3-14-6-11-5(2)12-13-6;/h1,3H2,2H3,(H,11,12,13);/q-1;+1. The molecule has 0 fully saturated rings. The van der Waals surface area contributed by atoms with Crippen molar-refractivity contribution in [2.24, 2.45) is 0 Å². The summed E-state index contributed by atoms with van der Waals surface area (Å²) in [6, 6.07) is 0. The quantitative estimate of drug-likeness (QED) is 0.567. The number of aromatic nitrogens is 3. The van der Waals surface area contributed by atoms with E-state index in [0.717, 1.165) is 11.8 Å². The van der Waals surface area contributed by atoms with Gasteiger partial charge in [0.05, 0.1) is 0 Å². The van der Waals surface area contributed by atoms with Crippen LogP contribution in [0.5, 0.6) is 0 Å². The number of rotatable bonds is 4. The van der Waals surface area contributed by atoms with E-state index in [4.69, 9.17) is 0 Å². The summed E-state index contributed by atoms with van der Waals surface area (Å²) in [5.74, 6) is 0.358. The molecule has 0 unspecified atom stereocenters. The van der Waals surface area contributed by atoms with E-state index in [0.29, 0.717) is 11.0 Å². The number of nitrogens with one attached hydrogen (secondary N) is 1. The summed E-state index contributed by atoms with van der Waals surface area (Å²) >= 11 is 0.919. The van der Waals surface area contributed by atoms with Crippen molar-refractivity contribution in [3.8, 4) is 0 Å². The van der Waals surface area contributed by atoms with E-state index < -0.39 is 12.4 Å². The molecule has 0 atom stereocenters. The number of nitrogens with zero attached hydrogens (tertiary/aromatic N) is 2. The number of halogens is 3. The van der Waals surface area contributed by atoms with Crippen molar-refractivity contribution in [3.63, 3.8) is 0 Å². The molecule has 15 heavy (non-hydrogen) atoms. The first-order valence-electron chi connectivity index (χ1n) is 3.79. The predicted molar refractivity (Wildman–Crippen MR) is 50.1 cm³/mol. The third-order valence-electron chi connectivity index (χ3n) is 1.43. The maximum absolute atomic E-state index is 12.1. The van der Waals surface area contributed by atoms with Crippen LogP contribution in [-0.4, -0.2) is 27.9 Å². The minimum Gasteiger partial charge on any atom is -0.445 e. The van der Waals surface area contributed by atoms with Gasteiger partial charge in [0.1, 0.15) is 5.82 Å². The van der Waals surface area contributed by atoms with Gasteiger partial charge in [-0.1, -0.05) is 11.8 Å². The largest absolute Gasteiger partial charge is 1.00 e. The number of hydrogen-bond acceptors (Lipinski definition) is 3. The summed E-state index contributed by atoms with van der Waals surface area (Å²) < 4.78 is 36.2. The van der Waals surface area contributed by atoms with Gasteiger partial charge in [-0.25, -0.2) is 4.98 Å². The van der Waals surface area contributed by atoms with Gasteiger partial charge in [0, 0.05) is 0 Å². The number of thioether (sulfide) groups is 1. The Bertz CT molecular complexity index is 341. The zero-order valence-corrected chi connectivity index (χ0v) is 12.4. The first-order valence-corrected chi connectivity index (χ1v) is 4.77. The molecular weight excluding hydrogens is 253 g/mol. The van der Waals surface area contributed by atoms with Gasteiger partial charge >= 0.3 is 58.4 Å². The van der Waals surface area contributed by atoms with E-state index >= 15 is 0 Å². The number of H-pyrrole nitrogens is 1. The molecule has 0 aliphatic rings. The number of aromatic amines is 1. The second-order valence-corrected chi connectivity index (χ2v) is 3.67. The van der Waals surface area contributed by atoms with E-state index in [1.54, 1.807) is 6.92 Å². The Morgan fingerprint density at radius 3 is 2.53 bits per heavy atom. The van der Waals surface area contributed by atoms with Gasteiger partial charge in [-0.15, -0.1) is 17.2 Å². The van der Waals surface area contributed by atoms with Crippen LogP contribution in [-0.2, 0) is 0 Å². The molecule has 78 valence electrons. The molecule has 0 aliphatic heterocycles. The number of hydrogen-bond donors (Lipinski definition) is 1. The minimum atomic E-state index is -4.94. The molecule has 0 aromatic carbocycles. The Labute approximate surface area is 132 Å². The van der Waals surface area contributed by atoms with E-state index in [-0.39, 0.29) is 57.1 Å². The fourth-order valence-corrected chi connectivity index (χ4v) is 1.45. The molecule has 0 spiro atoms. The zero-order valence-electron chi connectivity index (χ0n) is 8.43. The molecule has 0 radical (unpaired) electrons. The van der Waals surface area contributed by atoms with Gasteiger partial charge in [-0.2, -0.15) is 0 Å². The van der Waals surface area contributed by atoms with Crippen LogP contribution in [0.4, 0.5) is 12.9 Å². The Morgan fingerprint density at radius 1 is 1.53 bits per heavy atom. The van der Waals surface area contributed by atoms with Crippen LogP contribution in [0.25, 0.3) is 0 Å². The maximum Gasteiger partial charge on any atom is 1.00 e. The molecule has 3 nitrogen and oxygen atoms in total. The van der Waals surface area contributed by atoms with Gasteiger partial charge < -0.3 is 12.9 Å². The summed E-state index contributed by atoms with van der Waals surface area (Å²) in [5, 5.41) is 6.55. The van der Waals surface area contributed by atoms with Crippen molar-refractivity contribution >= 4 is 18.7 Å². The summed E-state index contributed by atoms with van der Waals surface area (Å²) in [7, 11) is 0. The maximum atomic E-state index is 12.1. The van der Waals surface area contributed by atoms with Crippen molar-refractivity contribution in [2.45, 2.75) is 12.1 Å². The molecule has 0 aliphatic carbocycles. The van der Waals surface area contributed by atoms with Crippen molar-refractivity contribution in [1.82, 2.24) is 15.2 Å². The van der Waals surface area contributed by atoms with Crippen LogP contribution in [0, 0.1) is 6.92 Å². The molecule has 1 N–H and O–H groups in total. The third kappa shape index (κ3) is 5.55. The Hall–Kier alpha value is 0.721. The van der Waals surface area contributed by atoms with Crippen molar-refractivity contribution < 1.29 is 64.3 Å². The van der Waals surface area contributed by atoms with Gasteiger partial charge in [-0.3, -0.25) is 5.10 Å². The van der Waals surface area contributed by atoms with Crippen LogP contribution in [0.15, 0.2) is 17.2 Å². The minimum absolute atomic E-state index is 0. The second-order valence-electron chi connectivity index (χ2n) is 2.73. The predicted octanol–water partition coefficient (Wildman–Crippen LogP) is -0.848. The summed E-state index contributed by atoms with van der Waals surface area (Å²) in [6.45, 7) is -0.300. The molecule has 1 aromatic heterocycles. The Balaban J connectivity index is 0.00000196. The summed E-state index contributed by atoms with van der Waals surface area (Å²) in [5.41, 5.74) is -0.725. The van der Waals surface area contributed by atoms with Crippen molar-refractivity contribution in [1.29, 1.82) is 0 Å². The van der Waals surface area contributed by atoms with Crippen molar-refractivity contribution in [2.75, 3.05) is 5.75 Å².